The van der Waals surface area contributed by atoms with Gasteiger partial charge in [0.1, 0.15) is 0 Å². The standard InChI is InChI=1S/C10H9N2/c1-8-6-11-7-9-4-2-3-5-10(9)12-8/h2-7,12H,1H2. The van der Waals surface area contributed by atoms with Crippen molar-refractivity contribution in [2.75, 3.05) is 5.32 Å². The number of benzene rings is 1. The number of hydrogen-bond acceptors (Lipinski definition) is 2. The van der Waals surface area contributed by atoms with Gasteiger partial charge in [-0.3, -0.25) is 4.99 Å². The highest BCUT2D eigenvalue weighted by atomic mass is 14.9. The van der Waals surface area contributed by atoms with Gasteiger partial charge < -0.3 is 5.32 Å². The smallest absolute Gasteiger partial charge is 0.0471 e. The van der Waals surface area contributed by atoms with Crippen molar-refractivity contribution in [3.63, 3.8) is 0 Å². The van der Waals surface area contributed by atoms with Gasteiger partial charge in [-0.05, 0) is 13.0 Å². The molecule has 1 radical (unpaired) electrons. The Balaban J connectivity index is 2.49. The molecule has 0 saturated heterocycles. The monoisotopic (exact) mass is 157 g/mol. The minimum atomic E-state index is 0.816. The van der Waals surface area contributed by atoms with E-state index < -0.39 is 0 Å². The van der Waals surface area contributed by atoms with E-state index in [1.54, 1.807) is 6.20 Å². The van der Waals surface area contributed by atoms with Crippen molar-refractivity contribution >= 4 is 11.9 Å². The molecule has 0 unspecified atom stereocenters. The Morgan fingerprint density at radius 3 is 3.00 bits per heavy atom. The van der Waals surface area contributed by atoms with Crippen LogP contribution in [0.5, 0.6) is 0 Å². The maximum Gasteiger partial charge on any atom is 0.0471 e. The molecule has 2 rings (SSSR count). The first-order chi connectivity index (χ1) is 5.86. The normalized spacial score (nSPS) is 14.2. The Labute approximate surface area is 71.6 Å². The molecule has 0 amide bonds. The first kappa shape index (κ1) is 7.10. The highest BCUT2D eigenvalue weighted by molar-refractivity contribution is 5.89. The number of nitrogens with zero attached hydrogens (tertiary/aromatic N) is 1. The molecular formula is C10H9N2. The second-order valence-electron chi connectivity index (χ2n) is 2.64. The van der Waals surface area contributed by atoms with Crippen LogP contribution in [0, 0.1) is 6.92 Å². The molecular weight excluding hydrogens is 148 g/mol. The Morgan fingerprint density at radius 1 is 1.25 bits per heavy atom. The molecule has 1 heterocycles. The second kappa shape index (κ2) is 2.81. The van der Waals surface area contributed by atoms with Crippen LogP contribution < -0.4 is 5.32 Å². The predicted molar refractivity (Wildman–Crippen MR) is 51.1 cm³/mol. The van der Waals surface area contributed by atoms with Crippen molar-refractivity contribution < 1.29 is 0 Å². The number of hydrogen-bond donors (Lipinski definition) is 1. The summed E-state index contributed by atoms with van der Waals surface area (Å²) in [6.45, 7) is 3.79. The number of aliphatic imine (C=N–C) groups is 1. The summed E-state index contributed by atoms with van der Waals surface area (Å²) < 4.78 is 0. The fourth-order valence-electron chi connectivity index (χ4n) is 1.14. The predicted octanol–water partition coefficient (Wildman–Crippen LogP) is 2.21. The molecule has 59 valence electrons. The summed E-state index contributed by atoms with van der Waals surface area (Å²) in [5, 5.41) is 3.15. The third-order valence-electron chi connectivity index (χ3n) is 1.70. The van der Waals surface area contributed by atoms with E-state index in [9.17, 15) is 0 Å². The molecule has 0 bridgehead atoms. The van der Waals surface area contributed by atoms with Gasteiger partial charge in [-0.15, -0.1) is 0 Å². The minimum absolute atomic E-state index is 0.816. The number of para-hydroxylation sites is 1. The highest BCUT2D eigenvalue weighted by Gasteiger charge is 2.00. The Bertz CT molecular complexity index is 351. The van der Waals surface area contributed by atoms with Gasteiger partial charge >= 0.3 is 0 Å². The molecule has 2 nitrogen and oxygen atoms in total. The third kappa shape index (κ3) is 1.23. The van der Waals surface area contributed by atoms with E-state index in [1.807, 2.05) is 30.5 Å². The van der Waals surface area contributed by atoms with Gasteiger partial charge in [0.25, 0.3) is 0 Å². The fourth-order valence-corrected chi connectivity index (χ4v) is 1.14. The van der Waals surface area contributed by atoms with E-state index >= 15 is 0 Å². The van der Waals surface area contributed by atoms with Gasteiger partial charge in [0, 0.05) is 29.4 Å². The molecule has 1 aliphatic rings. The lowest BCUT2D eigenvalue weighted by Gasteiger charge is -2.05. The first-order valence-electron chi connectivity index (χ1n) is 3.77. The highest BCUT2D eigenvalue weighted by Crippen LogP contribution is 2.16. The van der Waals surface area contributed by atoms with Crippen LogP contribution >= 0.6 is 0 Å². The van der Waals surface area contributed by atoms with Crippen LogP contribution in [-0.4, -0.2) is 6.21 Å². The quantitative estimate of drug-likeness (QED) is 0.613. The first-order valence-corrected chi connectivity index (χ1v) is 3.77. The lowest BCUT2D eigenvalue weighted by molar-refractivity contribution is 1.44. The SMILES string of the molecule is [CH2]C1=CN=Cc2ccccc2N1. The maximum absolute atomic E-state index is 4.08. The number of fused-ring (bicyclic) bond motifs is 1. The molecule has 1 N–H and O–H groups in total. The maximum atomic E-state index is 4.08. The molecule has 0 atom stereocenters. The van der Waals surface area contributed by atoms with Crippen molar-refractivity contribution in [1.29, 1.82) is 0 Å². The van der Waals surface area contributed by atoms with Crippen molar-refractivity contribution in [3.05, 3.63) is 48.6 Å². The zero-order valence-corrected chi connectivity index (χ0v) is 6.62. The lowest BCUT2D eigenvalue weighted by Crippen LogP contribution is -1.96. The fraction of sp³-hybridized carbons (Fsp3) is 0. The van der Waals surface area contributed by atoms with E-state index in [0.717, 1.165) is 16.9 Å². The van der Waals surface area contributed by atoms with Gasteiger partial charge in [0.2, 0.25) is 0 Å². The van der Waals surface area contributed by atoms with Crippen molar-refractivity contribution in [1.82, 2.24) is 0 Å². The van der Waals surface area contributed by atoms with Crippen LogP contribution in [-0.2, 0) is 0 Å². The molecule has 1 aromatic rings. The largest absolute Gasteiger partial charge is 0.357 e. The third-order valence-corrected chi connectivity index (χ3v) is 1.70. The van der Waals surface area contributed by atoms with Gasteiger partial charge in [0.15, 0.2) is 0 Å². The molecule has 0 saturated carbocycles. The van der Waals surface area contributed by atoms with E-state index in [-0.39, 0.29) is 0 Å². The summed E-state index contributed by atoms with van der Waals surface area (Å²) in [7, 11) is 0. The molecule has 0 aromatic heterocycles. The van der Waals surface area contributed by atoms with Crippen LogP contribution in [0.4, 0.5) is 5.69 Å². The van der Waals surface area contributed by atoms with E-state index in [0.29, 0.717) is 0 Å². The molecule has 1 aromatic carbocycles. The minimum Gasteiger partial charge on any atom is -0.357 e. The lowest BCUT2D eigenvalue weighted by atomic mass is 10.2. The Hall–Kier alpha value is -1.57. The van der Waals surface area contributed by atoms with Gasteiger partial charge in [-0.2, -0.15) is 0 Å². The summed E-state index contributed by atoms with van der Waals surface area (Å²) >= 11 is 0. The zero-order valence-electron chi connectivity index (χ0n) is 6.62. The molecule has 0 fully saturated rings. The molecule has 2 heteroatoms. The number of anilines is 1. The van der Waals surface area contributed by atoms with Crippen molar-refractivity contribution in [2.45, 2.75) is 0 Å². The van der Waals surface area contributed by atoms with Crippen LogP contribution in [0.25, 0.3) is 0 Å². The summed E-state index contributed by atoms with van der Waals surface area (Å²) in [5.74, 6) is 0. The van der Waals surface area contributed by atoms with Gasteiger partial charge in [-0.1, -0.05) is 18.2 Å². The summed E-state index contributed by atoms with van der Waals surface area (Å²) in [4.78, 5) is 4.08. The van der Waals surface area contributed by atoms with Crippen LogP contribution in [0.3, 0.4) is 0 Å². The van der Waals surface area contributed by atoms with Gasteiger partial charge in [-0.25, -0.2) is 0 Å². The summed E-state index contributed by atoms with van der Waals surface area (Å²) in [6, 6.07) is 7.99. The average molecular weight is 157 g/mol. The van der Waals surface area contributed by atoms with E-state index in [4.69, 9.17) is 0 Å². The van der Waals surface area contributed by atoms with Crippen LogP contribution in [0.15, 0.2) is 41.2 Å². The molecule has 1 aliphatic heterocycles. The summed E-state index contributed by atoms with van der Waals surface area (Å²) in [5.41, 5.74) is 2.96. The van der Waals surface area contributed by atoms with Crippen LogP contribution in [0.2, 0.25) is 0 Å². The van der Waals surface area contributed by atoms with Crippen molar-refractivity contribution in [2.24, 2.45) is 4.99 Å². The zero-order chi connectivity index (χ0) is 8.39. The average Bonchev–Trinajstić information content (AvgIpc) is 2.25. The molecule has 0 spiro atoms. The van der Waals surface area contributed by atoms with Crippen LogP contribution in [0.1, 0.15) is 5.56 Å². The number of rotatable bonds is 0. The summed E-state index contributed by atoms with van der Waals surface area (Å²) in [6.07, 6.45) is 3.53. The molecule has 0 aliphatic carbocycles. The van der Waals surface area contributed by atoms with Crippen molar-refractivity contribution in [3.8, 4) is 0 Å². The van der Waals surface area contributed by atoms with Gasteiger partial charge in [0.05, 0.1) is 0 Å². The number of allylic oxidation sites excluding steroid dienone is 1. The second-order valence-corrected chi connectivity index (χ2v) is 2.64. The Kier molecular flexibility index (Phi) is 1.67. The Morgan fingerprint density at radius 2 is 2.08 bits per heavy atom. The van der Waals surface area contributed by atoms with E-state index in [1.165, 1.54) is 0 Å². The number of nitrogens with one attached hydrogen (secondary N) is 1. The molecule has 12 heavy (non-hydrogen) atoms. The topological polar surface area (TPSA) is 24.4 Å². The van der Waals surface area contributed by atoms with E-state index in [2.05, 4.69) is 17.2 Å².